The van der Waals surface area contributed by atoms with E-state index in [2.05, 4.69) is 19.2 Å². The maximum Gasteiger partial charge on any atom is 0.220 e. The van der Waals surface area contributed by atoms with E-state index in [1.807, 2.05) is 0 Å². The second-order valence-electron chi connectivity index (χ2n) is 4.73. The minimum atomic E-state index is -1.01. The monoisotopic (exact) mass is 267 g/mol. The average Bonchev–Trinajstić information content (AvgIpc) is 2.42. The number of rotatable bonds is 7. The number of carbonyl (C=O) groups excluding carboxylic acids is 1. The molecule has 0 fully saturated rings. The van der Waals surface area contributed by atoms with Gasteiger partial charge in [0.05, 0.1) is 6.10 Å². The van der Waals surface area contributed by atoms with Crippen molar-refractivity contribution in [3.05, 3.63) is 35.6 Å². The molecule has 4 heteroatoms. The summed E-state index contributed by atoms with van der Waals surface area (Å²) in [6.45, 7) is 4.14. The summed E-state index contributed by atoms with van der Waals surface area (Å²) in [5.74, 6) is -0.182. The fourth-order valence-electron chi connectivity index (χ4n) is 1.98. The Hall–Kier alpha value is -1.42. The van der Waals surface area contributed by atoms with Gasteiger partial charge in [-0.05, 0) is 12.0 Å². The highest BCUT2D eigenvalue weighted by atomic mass is 19.1. The fraction of sp³-hybridized carbons (Fsp3) is 0.533. The van der Waals surface area contributed by atoms with Gasteiger partial charge in [-0.15, -0.1) is 0 Å². The molecule has 1 aromatic rings. The molecule has 1 rings (SSSR count). The third kappa shape index (κ3) is 4.99. The van der Waals surface area contributed by atoms with Gasteiger partial charge in [0.15, 0.2) is 0 Å². The maximum atomic E-state index is 13.4. The summed E-state index contributed by atoms with van der Waals surface area (Å²) in [4.78, 5) is 11.7. The van der Waals surface area contributed by atoms with Crippen LogP contribution in [0.4, 0.5) is 4.39 Å². The largest absolute Gasteiger partial charge is 0.386 e. The molecule has 0 aliphatic heterocycles. The zero-order valence-electron chi connectivity index (χ0n) is 11.5. The van der Waals surface area contributed by atoms with Crippen LogP contribution in [0, 0.1) is 11.7 Å². The molecule has 3 nitrogen and oxygen atoms in total. The van der Waals surface area contributed by atoms with E-state index < -0.39 is 11.9 Å². The van der Waals surface area contributed by atoms with Crippen molar-refractivity contribution in [3.8, 4) is 0 Å². The topological polar surface area (TPSA) is 49.3 Å². The van der Waals surface area contributed by atoms with Gasteiger partial charge in [-0.3, -0.25) is 4.79 Å². The first-order valence-electron chi connectivity index (χ1n) is 6.77. The number of nitrogens with one attached hydrogen (secondary N) is 1. The Labute approximate surface area is 113 Å². The highest BCUT2D eigenvalue weighted by Gasteiger charge is 2.15. The van der Waals surface area contributed by atoms with Gasteiger partial charge in [-0.2, -0.15) is 0 Å². The van der Waals surface area contributed by atoms with Gasteiger partial charge in [0.25, 0.3) is 0 Å². The van der Waals surface area contributed by atoms with Crippen molar-refractivity contribution in [2.75, 3.05) is 6.54 Å². The van der Waals surface area contributed by atoms with E-state index in [1.165, 1.54) is 12.1 Å². The van der Waals surface area contributed by atoms with E-state index in [0.717, 1.165) is 12.8 Å². The molecule has 0 aromatic heterocycles. The Balaban J connectivity index is 2.44. The van der Waals surface area contributed by atoms with Crippen LogP contribution in [0.5, 0.6) is 0 Å². The standard InChI is InChI=1S/C15H22FNO2/c1-3-11(4-2)9-15(19)17-10-14(18)12-7-5-6-8-13(12)16/h5-8,11,14,18H,3-4,9-10H2,1-2H3,(H,17,19). The number of benzene rings is 1. The molecule has 19 heavy (non-hydrogen) atoms. The zero-order chi connectivity index (χ0) is 14.3. The van der Waals surface area contributed by atoms with E-state index in [0.29, 0.717) is 12.3 Å². The first-order valence-corrected chi connectivity index (χ1v) is 6.77. The van der Waals surface area contributed by atoms with Crippen LogP contribution in [0.15, 0.2) is 24.3 Å². The fourth-order valence-corrected chi connectivity index (χ4v) is 1.98. The molecular weight excluding hydrogens is 245 g/mol. The maximum absolute atomic E-state index is 13.4. The lowest BCUT2D eigenvalue weighted by atomic mass is 9.99. The summed E-state index contributed by atoms with van der Waals surface area (Å²) >= 11 is 0. The highest BCUT2D eigenvalue weighted by molar-refractivity contribution is 5.76. The van der Waals surface area contributed by atoms with Crippen LogP contribution >= 0.6 is 0 Å². The van der Waals surface area contributed by atoms with Crippen molar-refractivity contribution in [2.24, 2.45) is 5.92 Å². The molecule has 0 saturated heterocycles. The van der Waals surface area contributed by atoms with Gasteiger partial charge in [0, 0.05) is 18.5 Å². The van der Waals surface area contributed by atoms with Crippen LogP contribution in [-0.2, 0) is 4.79 Å². The molecule has 1 amide bonds. The van der Waals surface area contributed by atoms with Crippen LogP contribution in [0.25, 0.3) is 0 Å². The first-order chi connectivity index (χ1) is 9.08. The Morgan fingerprint density at radius 2 is 1.95 bits per heavy atom. The van der Waals surface area contributed by atoms with Crippen molar-refractivity contribution in [1.29, 1.82) is 0 Å². The molecule has 1 atom stereocenters. The number of aliphatic hydroxyl groups is 1. The van der Waals surface area contributed by atoms with Crippen LogP contribution in [0.1, 0.15) is 44.8 Å². The summed E-state index contributed by atoms with van der Waals surface area (Å²) in [7, 11) is 0. The Kier molecular flexibility index (Phi) is 6.50. The lowest BCUT2D eigenvalue weighted by Gasteiger charge is -2.15. The summed E-state index contributed by atoms with van der Waals surface area (Å²) in [6.07, 6.45) is 1.36. The third-order valence-corrected chi connectivity index (χ3v) is 3.39. The average molecular weight is 267 g/mol. The summed E-state index contributed by atoms with van der Waals surface area (Å²) in [5, 5.41) is 12.5. The third-order valence-electron chi connectivity index (χ3n) is 3.39. The Morgan fingerprint density at radius 1 is 1.32 bits per heavy atom. The van der Waals surface area contributed by atoms with Crippen molar-refractivity contribution in [3.63, 3.8) is 0 Å². The van der Waals surface area contributed by atoms with E-state index in [9.17, 15) is 14.3 Å². The van der Waals surface area contributed by atoms with E-state index in [4.69, 9.17) is 0 Å². The first kappa shape index (κ1) is 15.6. The summed E-state index contributed by atoms with van der Waals surface area (Å²) < 4.78 is 13.4. The number of hydrogen-bond donors (Lipinski definition) is 2. The van der Waals surface area contributed by atoms with Gasteiger partial charge >= 0.3 is 0 Å². The predicted molar refractivity (Wildman–Crippen MR) is 73.1 cm³/mol. The molecule has 0 aliphatic carbocycles. The van der Waals surface area contributed by atoms with Crippen molar-refractivity contribution in [2.45, 2.75) is 39.2 Å². The molecule has 1 aromatic carbocycles. The quantitative estimate of drug-likeness (QED) is 0.798. The summed E-state index contributed by atoms with van der Waals surface area (Å²) in [5.41, 5.74) is 0.213. The van der Waals surface area contributed by atoms with Crippen LogP contribution < -0.4 is 5.32 Å². The molecule has 0 spiro atoms. The van der Waals surface area contributed by atoms with Gasteiger partial charge in [0.2, 0.25) is 5.91 Å². The Morgan fingerprint density at radius 3 is 2.53 bits per heavy atom. The number of hydrogen-bond acceptors (Lipinski definition) is 2. The van der Waals surface area contributed by atoms with Crippen molar-refractivity contribution < 1.29 is 14.3 Å². The molecule has 2 N–H and O–H groups in total. The van der Waals surface area contributed by atoms with E-state index in [1.54, 1.807) is 12.1 Å². The van der Waals surface area contributed by atoms with Gasteiger partial charge in [-0.25, -0.2) is 4.39 Å². The van der Waals surface area contributed by atoms with Gasteiger partial charge in [0.1, 0.15) is 5.82 Å². The van der Waals surface area contributed by atoms with Crippen LogP contribution in [-0.4, -0.2) is 17.6 Å². The number of carbonyl (C=O) groups is 1. The lowest BCUT2D eigenvalue weighted by Crippen LogP contribution is -2.30. The van der Waals surface area contributed by atoms with E-state index in [-0.39, 0.29) is 18.0 Å². The summed E-state index contributed by atoms with van der Waals surface area (Å²) in [6, 6.07) is 6.04. The van der Waals surface area contributed by atoms with Crippen LogP contribution in [0.2, 0.25) is 0 Å². The minimum Gasteiger partial charge on any atom is -0.386 e. The normalized spacial score (nSPS) is 12.5. The van der Waals surface area contributed by atoms with Crippen LogP contribution in [0.3, 0.4) is 0 Å². The zero-order valence-corrected chi connectivity index (χ0v) is 11.5. The number of amides is 1. The molecule has 0 saturated carbocycles. The van der Waals surface area contributed by atoms with Crippen molar-refractivity contribution in [1.82, 2.24) is 5.32 Å². The molecule has 0 bridgehead atoms. The van der Waals surface area contributed by atoms with E-state index >= 15 is 0 Å². The minimum absolute atomic E-state index is 0.0416. The lowest BCUT2D eigenvalue weighted by molar-refractivity contribution is -0.122. The second-order valence-corrected chi connectivity index (χ2v) is 4.73. The molecule has 0 heterocycles. The van der Waals surface area contributed by atoms with Gasteiger partial charge in [-0.1, -0.05) is 44.9 Å². The number of halogens is 1. The molecule has 0 radical (unpaired) electrons. The highest BCUT2D eigenvalue weighted by Crippen LogP contribution is 2.16. The molecule has 0 aliphatic rings. The van der Waals surface area contributed by atoms with Crippen molar-refractivity contribution >= 4 is 5.91 Å². The SMILES string of the molecule is CCC(CC)CC(=O)NCC(O)c1ccccc1F. The molecule has 106 valence electrons. The second kappa shape index (κ2) is 7.89. The predicted octanol–water partition coefficient (Wildman–Crippen LogP) is 2.80. The molecule has 1 unspecified atom stereocenters. The smallest absolute Gasteiger partial charge is 0.220 e. The molecular formula is C15H22FNO2. The number of aliphatic hydroxyl groups excluding tert-OH is 1. The van der Waals surface area contributed by atoms with Gasteiger partial charge < -0.3 is 10.4 Å². The Bertz CT molecular complexity index is 405.